The molecule has 0 fully saturated rings. The summed E-state index contributed by atoms with van der Waals surface area (Å²) in [5, 5.41) is 3.86. The van der Waals surface area contributed by atoms with E-state index in [0.717, 1.165) is 23.0 Å². The summed E-state index contributed by atoms with van der Waals surface area (Å²) in [6, 6.07) is 8.00. The van der Waals surface area contributed by atoms with Gasteiger partial charge in [0.15, 0.2) is 0 Å². The summed E-state index contributed by atoms with van der Waals surface area (Å²) in [7, 11) is 0. The molecule has 0 aliphatic rings. The van der Waals surface area contributed by atoms with Crippen LogP contribution in [-0.2, 0) is 4.79 Å². The number of carbonyl (C=O) groups is 1. The van der Waals surface area contributed by atoms with E-state index in [1.807, 2.05) is 24.3 Å². The highest BCUT2D eigenvalue weighted by Gasteiger charge is 1.95. The SMILES string of the molecule is CC(=O)NCCC=Cc1ccc2occc2c1. The fourth-order valence-corrected chi connectivity index (χ4v) is 1.64. The van der Waals surface area contributed by atoms with Crippen LogP contribution in [-0.4, -0.2) is 12.5 Å². The molecule has 1 aromatic carbocycles. The van der Waals surface area contributed by atoms with Crippen molar-refractivity contribution in [3.8, 4) is 0 Å². The van der Waals surface area contributed by atoms with Gasteiger partial charge in [-0.3, -0.25) is 4.79 Å². The molecule has 2 rings (SSSR count). The van der Waals surface area contributed by atoms with Crippen molar-refractivity contribution in [3.63, 3.8) is 0 Å². The summed E-state index contributed by atoms with van der Waals surface area (Å²) < 4.78 is 5.27. The average molecular weight is 229 g/mol. The highest BCUT2D eigenvalue weighted by Crippen LogP contribution is 2.17. The van der Waals surface area contributed by atoms with Crippen molar-refractivity contribution in [1.29, 1.82) is 0 Å². The van der Waals surface area contributed by atoms with Gasteiger partial charge in [-0.05, 0) is 30.2 Å². The van der Waals surface area contributed by atoms with Crippen molar-refractivity contribution in [2.24, 2.45) is 0 Å². The van der Waals surface area contributed by atoms with Crippen LogP contribution in [0.15, 0.2) is 41.0 Å². The van der Waals surface area contributed by atoms with Crippen molar-refractivity contribution < 1.29 is 9.21 Å². The lowest BCUT2D eigenvalue weighted by atomic mass is 10.1. The molecule has 0 atom stereocenters. The molecule has 1 heterocycles. The average Bonchev–Trinajstić information content (AvgIpc) is 2.75. The second-order valence-corrected chi connectivity index (χ2v) is 3.89. The Kier molecular flexibility index (Phi) is 3.60. The molecule has 0 saturated carbocycles. The molecule has 0 unspecified atom stereocenters. The van der Waals surface area contributed by atoms with Crippen LogP contribution in [0.3, 0.4) is 0 Å². The van der Waals surface area contributed by atoms with E-state index in [9.17, 15) is 4.79 Å². The number of carbonyl (C=O) groups excluding carboxylic acids is 1. The first kappa shape index (κ1) is 11.5. The van der Waals surface area contributed by atoms with Gasteiger partial charge in [-0.2, -0.15) is 0 Å². The molecule has 2 aromatic rings. The van der Waals surface area contributed by atoms with Gasteiger partial charge in [0.1, 0.15) is 5.58 Å². The molecule has 0 spiro atoms. The fourth-order valence-electron chi connectivity index (χ4n) is 1.64. The molecule has 1 N–H and O–H groups in total. The van der Waals surface area contributed by atoms with Gasteiger partial charge in [-0.1, -0.05) is 18.2 Å². The summed E-state index contributed by atoms with van der Waals surface area (Å²) >= 11 is 0. The highest BCUT2D eigenvalue weighted by atomic mass is 16.3. The van der Waals surface area contributed by atoms with Gasteiger partial charge >= 0.3 is 0 Å². The minimum atomic E-state index is 0.0122. The minimum absolute atomic E-state index is 0.0122. The Hall–Kier alpha value is -2.03. The van der Waals surface area contributed by atoms with E-state index in [2.05, 4.69) is 17.5 Å². The lowest BCUT2D eigenvalue weighted by molar-refractivity contribution is -0.118. The molecule has 0 radical (unpaired) electrons. The zero-order valence-corrected chi connectivity index (χ0v) is 9.77. The van der Waals surface area contributed by atoms with Crippen LogP contribution in [0.5, 0.6) is 0 Å². The number of rotatable bonds is 4. The van der Waals surface area contributed by atoms with Gasteiger partial charge < -0.3 is 9.73 Å². The van der Waals surface area contributed by atoms with Gasteiger partial charge in [0.25, 0.3) is 0 Å². The maximum Gasteiger partial charge on any atom is 0.216 e. The Balaban J connectivity index is 1.93. The van der Waals surface area contributed by atoms with Crippen molar-refractivity contribution in [3.05, 3.63) is 42.2 Å². The van der Waals surface area contributed by atoms with Gasteiger partial charge in [0.2, 0.25) is 5.91 Å². The molecule has 3 nitrogen and oxygen atoms in total. The van der Waals surface area contributed by atoms with Crippen LogP contribution in [0, 0.1) is 0 Å². The van der Waals surface area contributed by atoms with Crippen LogP contribution in [0.2, 0.25) is 0 Å². The maximum absolute atomic E-state index is 10.6. The van der Waals surface area contributed by atoms with Gasteiger partial charge in [0.05, 0.1) is 6.26 Å². The van der Waals surface area contributed by atoms with Crippen LogP contribution < -0.4 is 5.32 Å². The molecule has 88 valence electrons. The molecular formula is C14H15NO2. The van der Waals surface area contributed by atoms with Crippen molar-refractivity contribution in [2.45, 2.75) is 13.3 Å². The minimum Gasteiger partial charge on any atom is -0.464 e. The lowest BCUT2D eigenvalue weighted by Crippen LogP contribution is -2.20. The lowest BCUT2D eigenvalue weighted by Gasteiger charge is -1.97. The monoisotopic (exact) mass is 229 g/mol. The summed E-state index contributed by atoms with van der Waals surface area (Å²) in [4.78, 5) is 10.6. The van der Waals surface area contributed by atoms with E-state index in [4.69, 9.17) is 4.42 Å². The van der Waals surface area contributed by atoms with Crippen molar-refractivity contribution in [2.75, 3.05) is 6.54 Å². The van der Waals surface area contributed by atoms with Gasteiger partial charge in [-0.25, -0.2) is 0 Å². The Morgan fingerprint density at radius 3 is 3.12 bits per heavy atom. The maximum atomic E-state index is 10.6. The number of benzene rings is 1. The van der Waals surface area contributed by atoms with E-state index in [-0.39, 0.29) is 5.91 Å². The molecule has 1 aromatic heterocycles. The van der Waals surface area contributed by atoms with E-state index in [1.54, 1.807) is 6.26 Å². The number of hydrogen-bond acceptors (Lipinski definition) is 2. The van der Waals surface area contributed by atoms with Crippen LogP contribution in [0.1, 0.15) is 18.9 Å². The smallest absolute Gasteiger partial charge is 0.216 e. The number of hydrogen-bond donors (Lipinski definition) is 1. The first-order valence-electron chi connectivity index (χ1n) is 5.64. The normalized spacial score (nSPS) is 11.1. The quantitative estimate of drug-likeness (QED) is 0.819. The number of amides is 1. The molecule has 17 heavy (non-hydrogen) atoms. The summed E-state index contributed by atoms with van der Waals surface area (Å²) in [6.07, 6.45) is 6.63. The van der Waals surface area contributed by atoms with E-state index in [0.29, 0.717) is 6.54 Å². The molecule has 3 heteroatoms. The third kappa shape index (κ3) is 3.21. The number of nitrogens with one attached hydrogen (secondary N) is 1. The van der Waals surface area contributed by atoms with E-state index >= 15 is 0 Å². The van der Waals surface area contributed by atoms with Gasteiger partial charge in [-0.15, -0.1) is 0 Å². The molecular weight excluding hydrogens is 214 g/mol. The Morgan fingerprint density at radius 1 is 1.41 bits per heavy atom. The largest absolute Gasteiger partial charge is 0.464 e. The second-order valence-electron chi connectivity index (χ2n) is 3.89. The first-order chi connectivity index (χ1) is 8.25. The topological polar surface area (TPSA) is 42.2 Å². The van der Waals surface area contributed by atoms with Crippen molar-refractivity contribution in [1.82, 2.24) is 5.32 Å². The highest BCUT2D eigenvalue weighted by molar-refractivity contribution is 5.79. The third-order valence-corrected chi connectivity index (χ3v) is 2.47. The standard InChI is InChI=1S/C14H15NO2/c1-11(16)15-8-3-2-4-12-5-6-14-13(10-12)7-9-17-14/h2,4-7,9-10H,3,8H2,1H3,(H,15,16). The zero-order valence-electron chi connectivity index (χ0n) is 9.77. The summed E-state index contributed by atoms with van der Waals surface area (Å²) in [6.45, 7) is 2.20. The molecule has 1 amide bonds. The second kappa shape index (κ2) is 5.34. The Bertz CT molecular complexity index is 540. The molecule has 0 aliphatic carbocycles. The van der Waals surface area contributed by atoms with E-state index < -0.39 is 0 Å². The number of furan rings is 1. The predicted molar refractivity (Wildman–Crippen MR) is 68.5 cm³/mol. The summed E-state index contributed by atoms with van der Waals surface area (Å²) in [5.41, 5.74) is 2.04. The third-order valence-electron chi connectivity index (χ3n) is 2.47. The Morgan fingerprint density at radius 2 is 2.29 bits per heavy atom. The molecule has 0 bridgehead atoms. The van der Waals surface area contributed by atoms with Crippen LogP contribution >= 0.6 is 0 Å². The molecule has 0 saturated heterocycles. The van der Waals surface area contributed by atoms with Crippen molar-refractivity contribution >= 4 is 23.0 Å². The first-order valence-corrected chi connectivity index (χ1v) is 5.64. The fraction of sp³-hybridized carbons (Fsp3) is 0.214. The van der Waals surface area contributed by atoms with Gasteiger partial charge in [0, 0.05) is 18.9 Å². The Labute approximate surface area is 100 Å². The van der Waals surface area contributed by atoms with Crippen LogP contribution in [0.25, 0.3) is 17.0 Å². The van der Waals surface area contributed by atoms with E-state index in [1.165, 1.54) is 6.92 Å². The molecule has 0 aliphatic heterocycles. The summed E-state index contributed by atoms with van der Waals surface area (Å²) in [5.74, 6) is 0.0122. The van der Waals surface area contributed by atoms with Crippen LogP contribution in [0.4, 0.5) is 0 Å². The number of fused-ring (bicyclic) bond motifs is 1. The predicted octanol–water partition coefficient (Wildman–Crippen LogP) is 2.97. The zero-order chi connectivity index (χ0) is 12.1.